The van der Waals surface area contributed by atoms with Gasteiger partial charge in [0.1, 0.15) is 6.04 Å². The monoisotopic (exact) mass is 307 g/mol. The summed E-state index contributed by atoms with van der Waals surface area (Å²) < 4.78 is 0. The van der Waals surface area contributed by atoms with Crippen LogP contribution in [0.4, 0.5) is 5.69 Å². The summed E-state index contributed by atoms with van der Waals surface area (Å²) in [6, 6.07) is 4.19. The first-order valence-corrected chi connectivity index (χ1v) is 8.62. The van der Waals surface area contributed by atoms with Gasteiger partial charge in [0.2, 0.25) is 0 Å². The predicted octanol–water partition coefficient (Wildman–Crippen LogP) is 3.60. The molecule has 3 nitrogen and oxygen atoms in total. The van der Waals surface area contributed by atoms with Crippen molar-refractivity contribution in [2.24, 2.45) is 11.8 Å². The highest BCUT2D eigenvalue weighted by Crippen LogP contribution is 2.55. The second kappa shape index (κ2) is 4.50. The minimum Gasteiger partial charge on any atom is -0.480 e. The molecule has 0 aromatic heterocycles. The van der Waals surface area contributed by atoms with E-state index in [0.717, 1.165) is 19.4 Å². The van der Waals surface area contributed by atoms with Gasteiger partial charge in [-0.2, -0.15) is 0 Å². The third-order valence-electron chi connectivity index (χ3n) is 6.25. The van der Waals surface area contributed by atoms with E-state index in [9.17, 15) is 9.90 Å². The molecular weight excluding hydrogens is 286 g/mol. The van der Waals surface area contributed by atoms with Crippen molar-refractivity contribution in [1.29, 1.82) is 0 Å². The molecule has 0 fully saturated rings. The van der Waals surface area contributed by atoms with E-state index in [4.69, 9.17) is 0 Å². The number of rotatable bonds is 1. The lowest BCUT2D eigenvalue weighted by atomic mass is 9.71. The van der Waals surface area contributed by atoms with Crippen LogP contribution in [0.25, 0.3) is 0 Å². The van der Waals surface area contributed by atoms with Gasteiger partial charge in [-0.3, -0.25) is 0 Å². The van der Waals surface area contributed by atoms with Crippen LogP contribution >= 0.6 is 0 Å². The van der Waals surface area contributed by atoms with E-state index >= 15 is 0 Å². The first kappa shape index (κ1) is 13.4. The number of allylic oxidation sites excluding steroid dienone is 4. The molecule has 1 aromatic rings. The minimum atomic E-state index is -0.662. The van der Waals surface area contributed by atoms with Crippen LogP contribution in [0.2, 0.25) is 0 Å². The van der Waals surface area contributed by atoms with Crippen LogP contribution in [0.1, 0.15) is 41.4 Å². The number of carboxylic acids is 1. The van der Waals surface area contributed by atoms with Crippen molar-refractivity contribution in [2.45, 2.75) is 37.6 Å². The zero-order chi connectivity index (χ0) is 15.7. The number of hydrogen-bond donors (Lipinski definition) is 1. The minimum absolute atomic E-state index is 0.181. The van der Waals surface area contributed by atoms with E-state index < -0.39 is 5.97 Å². The molecule has 3 heteroatoms. The topological polar surface area (TPSA) is 40.5 Å². The van der Waals surface area contributed by atoms with Gasteiger partial charge in [0, 0.05) is 30.0 Å². The Kier molecular flexibility index (Phi) is 2.62. The van der Waals surface area contributed by atoms with E-state index in [1.165, 1.54) is 22.4 Å². The van der Waals surface area contributed by atoms with E-state index in [-0.39, 0.29) is 17.9 Å². The molecule has 2 heterocycles. The third kappa shape index (κ3) is 1.68. The Balaban J connectivity index is 1.78. The third-order valence-corrected chi connectivity index (χ3v) is 6.25. The number of benzene rings is 1. The van der Waals surface area contributed by atoms with Crippen LogP contribution in [0.15, 0.2) is 36.4 Å². The molecular formula is C20H21NO2. The number of aryl methyl sites for hydroxylation is 1. The fourth-order valence-corrected chi connectivity index (χ4v) is 5.40. The fraction of sp³-hybridized carbons (Fsp3) is 0.450. The Labute approximate surface area is 136 Å². The zero-order valence-corrected chi connectivity index (χ0v) is 13.3. The van der Waals surface area contributed by atoms with Crippen molar-refractivity contribution in [2.75, 3.05) is 11.4 Å². The average molecular weight is 307 g/mol. The van der Waals surface area contributed by atoms with Crippen LogP contribution in [0.5, 0.6) is 0 Å². The standard InChI is InChI=1S/C20H21NO2/c1-11-8-16-13-5-2-4-12(13)10-21-18(16)17(9-11)14-6-3-7-15(14)19(21)20(22)23/h2-3,5-6,8-9,12-15,19H,4,7,10H2,1H3,(H,22,23)/t12-,13+,14-,15-,19-/m1/s1. The normalized spacial score (nSPS) is 35.9. The molecule has 0 bridgehead atoms. The zero-order valence-electron chi connectivity index (χ0n) is 13.3. The molecule has 0 amide bonds. The molecule has 0 spiro atoms. The molecule has 0 radical (unpaired) electrons. The van der Waals surface area contributed by atoms with Crippen molar-refractivity contribution in [3.05, 3.63) is 53.1 Å². The van der Waals surface area contributed by atoms with Crippen LogP contribution in [0.3, 0.4) is 0 Å². The van der Waals surface area contributed by atoms with Gasteiger partial charge in [0.25, 0.3) is 0 Å². The van der Waals surface area contributed by atoms with Crippen LogP contribution in [-0.2, 0) is 4.79 Å². The first-order chi connectivity index (χ1) is 11.1. The molecule has 1 N–H and O–H groups in total. The van der Waals surface area contributed by atoms with Crippen LogP contribution in [-0.4, -0.2) is 23.7 Å². The van der Waals surface area contributed by atoms with E-state index in [2.05, 4.69) is 48.3 Å². The van der Waals surface area contributed by atoms with Gasteiger partial charge < -0.3 is 10.0 Å². The molecule has 1 aromatic carbocycles. The average Bonchev–Trinajstić information content (AvgIpc) is 3.15. The molecule has 0 saturated heterocycles. The summed E-state index contributed by atoms with van der Waals surface area (Å²) in [6.07, 6.45) is 11.0. The van der Waals surface area contributed by atoms with Gasteiger partial charge in [0.15, 0.2) is 0 Å². The lowest BCUT2D eigenvalue weighted by Crippen LogP contribution is -2.54. The lowest BCUT2D eigenvalue weighted by Gasteiger charge is -2.49. The Hall–Kier alpha value is -2.03. The predicted molar refractivity (Wildman–Crippen MR) is 89.9 cm³/mol. The number of hydrogen-bond acceptors (Lipinski definition) is 2. The van der Waals surface area contributed by atoms with Gasteiger partial charge in [-0.25, -0.2) is 4.79 Å². The molecule has 2 aliphatic heterocycles. The molecule has 23 heavy (non-hydrogen) atoms. The number of anilines is 1. The second-order valence-corrected chi connectivity index (χ2v) is 7.53. The van der Waals surface area contributed by atoms with E-state index in [0.29, 0.717) is 11.8 Å². The van der Waals surface area contributed by atoms with Crippen molar-refractivity contribution >= 4 is 11.7 Å². The molecule has 5 rings (SSSR count). The summed E-state index contributed by atoms with van der Waals surface area (Å²) in [5.74, 6) is 0.787. The molecule has 4 aliphatic rings. The molecule has 2 aliphatic carbocycles. The number of aliphatic carboxylic acids is 1. The van der Waals surface area contributed by atoms with Gasteiger partial charge in [0.05, 0.1) is 0 Å². The van der Waals surface area contributed by atoms with Crippen molar-refractivity contribution in [1.82, 2.24) is 0 Å². The maximum Gasteiger partial charge on any atom is 0.326 e. The molecule has 0 unspecified atom stereocenters. The second-order valence-electron chi connectivity index (χ2n) is 7.53. The van der Waals surface area contributed by atoms with Crippen LogP contribution < -0.4 is 4.90 Å². The SMILES string of the molecule is Cc1cc2c3c(c1)[C@@H]1C=CC[C@H]1[C@H](C(=O)O)N3C[C@H]1CC=C[C@H]21. The maximum atomic E-state index is 12.1. The summed E-state index contributed by atoms with van der Waals surface area (Å²) in [5.41, 5.74) is 5.24. The summed E-state index contributed by atoms with van der Waals surface area (Å²) in [7, 11) is 0. The Morgan fingerprint density at radius 1 is 1.13 bits per heavy atom. The summed E-state index contributed by atoms with van der Waals surface area (Å²) in [6.45, 7) is 3.04. The van der Waals surface area contributed by atoms with Crippen molar-refractivity contribution in [3.8, 4) is 0 Å². The smallest absolute Gasteiger partial charge is 0.326 e. The maximum absolute atomic E-state index is 12.1. The van der Waals surface area contributed by atoms with Gasteiger partial charge in [-0.15, -0.1) is 0 Å². The molecule has 118 valence electrons. The summed E-state index contributed by atoms with van der Waals surface area (Å²) in [5, 5.41) is 9.94. The molecule has 5 atom stereocenters. The van der Waals surface area contributed by atoms with E-state index in [1.807, 2.05) is 0 Å². The van der Waals surface area contributed by atoms with E-state index in [1.54, 1.807) is 0 Å². The highest BCUT2D eigenvalue weighted by Gasteiger charge is 2.49. The largest absolute Gasteiger partial charge is 0.480 e. The van der Waals surface area contributed by atoms with Crippen molar-refractivity contribution < 1.29 is 9.90 Å². The summed E-state index contributed by atoms with van der Waals surface area (Å²) in [4.78, 5) is 14.3. The number of fused-ring (bicyclic) bond motifs is 4. The number of carbonyl (C=O) groups is 1. The number of nitrogens with zero attached hydrogens (tertiary/aromatic N) is 1. The van der Waals surface area contributed by atoms with Crippen molar-refractivity contribution in [3.63, 3.8) is 0 Å². The Morgan fingerprint density at radius 2 is 1.83 bits per heavy atom. The van der Waals surface area contributed by atoms with Crippen LogP contribution in [0, 0.1) is 18.8 Å². The van der Waals surface area contributed by atoms with Gasteiger partial charge >= 0.3 is 5.97 Å². The highest BCUT2D eigenvalue weighted by molar-refractivity contribution is 5.84. The summed E-state index contributed by atoms with van der Waals surface area (Å²) >= 11 is 0. The first-order valence-electron chi connectivity index (χ1n) is 8.62. The molecule has 0 saturated carbocycles. The quantitative estimate of drug-likeness (QED) is 0.806. The van der Waals surface area contributed by atoms with Gasteiger partial charge in [-0.1, -0.05) is 42.0 Å². The lowest BCUT2D eigenvalue weighted by molar-refractivity contribution is -0.140. The number of carboxylic acid groups (broad SMARTS) is 1. The highest BCUT2D eigenvalue weighted by atomic mass is 16.4. The fourth-order valence-electron chi connectivity index (χ4n) is 5.40. The Morgan fingerprint density at radius 3 is 2.61 bits per heavy atom. The van der Waals surface area contributed by atoms with Gasteiger partial charge in [-0.05, 0) is 36.8 Å². The Bertz CT molecular complexity index is 746.